The standard InChI is InChI=1S/C18H32N9O9P3/c28-16(19-37(31,22-1-2-22)23-3-4-23)34-13-15(36-18(30)21-39(33,26-9-10-26)27-11-12-27)14-35-17(29)20-38(32,24-5-6-24)25-7-8-25/h15H,1-14H2,(H,19,28,31)(H,20,29,32)(H,21,30,33). The molecule has 0 bridgehead atoms. The molecule has 3 N–H and O–H groups in total. The number of nitrogens with zero attached hydrogens (tertiary/aromatic N) is 6. The molecule has 0 aliphatic carbocycles. The Labute approximate surface area is 224 Å². The third kappa shape index (κ3) is 6.45. The van der Waals surface area contributed by atoms with Crippen LogP contribution in [0.15, 0.2) is 0 Å². The van der Waals surface area contributed by atoms with Gasteiger partial charge < -0.3 is 14.2 Å². The van der Waals surface area contributed by atoms with Gasteiger partial charge in [0.25, 0.3) is 0 Å². The fraction of sp³-hybridized carbons (Fsp3) is 0.833. The molecular weight excluding hydrogens is 579 g/mol. The number of carbonyl (C=O) groups is 3. The highest BCUT2D eigenvalue weighted by molar-refractivity contribution is 7.59. The fourth-order valence-electron chi connectivity index (χ4n) is 3.91. The van der Waals surface area contributed by atoms with Crippen molar-refractivity contribution >= 4 is 41.1 Å². The summed E-state index contributed by atoms with van der Waals surface area (Å²) in [5.74, 6) is 0. The van der Waals surface area contributed by atoms with Crippen molar-refractivity contribution < 1.29 is 42.3 Å². The summed E-state index contributed by atoms with van der Waals surface area (Å²) in [6.45, 7) is 5.96. The number of ether oxygens (including phenoxy) is 3. The van der Waals surface area contributed by atoms with E-state index in [0.717, 1.165) is 0 Å². The molecule has 39 heavy (non-hydrogen) atoms. The van der Waals surface area contributed by atoms with E-state index in [2.05, 4.69) is 15.3 Å². The van der Waals surface area contributed by atoms with E-state index in [1.807, 2.05) is 0 Å². The summed E-state index contributed by atoms with van der Waals surface area (Å²) >= 11 is 0. The summed E-state index contributed by atoms with van der Waals surface area (Å²) in [6.07, 6.45) is -4.29. The van der Waals surface area contributed by atoms with Crippen LogP contribution in [0.2, 0.25) is 0 Å². The van der Waals surface area contributed by atoms with Gasteiger partial charge in [0.15, 0.2) is 6.10 Å². The van der Waals surface area contributed by atoms with E-state index < -0.39 is 60.4 Å². The molecule has 6 aliphatic rings. The summed E-state index contributed by atoms with van der Waals surface area (Å²) in [6, 6.07) is 0. The first kappa shape index (κ1) is 27.4. The highest BCUT2D eigenvalue weighted by Gasteiger charge is 2.51. The molecule has 0 spiro atoms. The molecule has 3 amide bonds. The van der Waals surface area contributed by atoms with Crippen LogP contribution < -0.4 is 15.3 Å². The highest BCUT2D eigenvalue weighted by atomic mass is 31.2. The van der Waals surface area contributed by atoms with Gasteiger partial charge in [-0.3, -0.25) is 13.7 Å². The first-order valence-corrected chi connectivity index (χ1v) is 17.7. The van der Waals surface area contributed by atoms with Gasteiger partial charge in [-0.15, -0.1) is 0 Å². The lowest BCUT2D eigenvalue weighted by Crippen LogP contribution is -2.38. The van der Waals surface area contributed by atoms with Crippen LogP contribution in [0.4, 0.5) is 14.4 Å². The van der Waals surface area contributed by atoms with Crippen LogP contribution in [0.5, 0.6) is 0 Å². The molecule has 6 fully saturated rings. The van der Waals surface area contributed by atoms with Gasteiger partial charge >= 0.3 is 41.1 Å². The van der Waals surface area contributed by atoms with Crippen LogP contribution in [0, 0.1) is 0 Å². The van der Waals surface area contributed by atoms with Crippen LogP contribution in [0.1, 0.15) is 0 Å². The second-order valence-corrected chi connectivity index (χ2v) is 17.2. The average Bonchev–Trinajstić information content (AvgIpc) is 3.71. The van der Waals surface area contributed by atoms with Gasteiger partial charge in [-0.2, -0.15) is 0 Å². The van der Waals surface area contributed by atoms with E-state index in [1.165, 1.54) is 0 Å². The molecule has 0 atom stereocenters. The zero-order chi connectivity index (χ0) is 27.4. The monoisotopic (exact) mass is 611 g/mol. The number of rotatable bonds is 14. The minimum absolute atomic E-state index is 0.541. The van der Waals surface area contributed by atoms with Crippen LogP contribution in [0.25, 0.3) is 0 Å². The molecule has 0 radical (unpaired) electrons. The molecule has 0 aromatic carbocycles. The molecule has 218 valence electrons. The first-order chi connectivity index (χ1) is 18.6. The Morgan fingerprint density at radius 2 is 0.769 bits per heavy atom. The van der Waals surface area contributed by atoms with Crippen LogP contribution in [0.3, 0.4) is 0 Å². The third-order valence-electron chi connectivity index (χ3n) is 6.63. The predicted octanol–water partition coefficient (Wildman–Crippen LogP) is -0.248. The second-order valence-electron chi connectivity index (χ2n) is 9.91. The smallest absolute Gasteiger partial charge is 0.415 e. The Kier molecular flexibility index (Phi) is 7.22. The molecule has 6 heterocycles. The van der Waals surface area contributed by atoms with Crippen LogP contribution in [-0.2, 0) is 27.9 Å². The first-order valence-electron chi connectivity index (χ1n) is 12.8. The van der Waals surface area contributed by atoms with Crippen molar-refractivity contribution in [3.8, 4) is 0 Å². The van der Waals surface area contributed by atoms with Crippen molar-refractivity contribution in [1.29, 1.82) is 0 Å². The Balaban J connectivity index is 1.05. The molecule has 6 saturated heterocycles. The largest absolute Gasteiger partial charge is 0.445 e. The Morgan fingerprint density at radius 3 is 1.03 bits per heavy atom. The van der Waals surface area contributed by atoms with Crippen LogP contribution in [-0.4, -0.2) is 144 Å². The maximum atomic E-state index is 13.2. The van der Waals surface area contributed by atoms with Crippen molar-refractivity contribution in [3.63, 3.8) is 0 Å². The quantitative estimate of drug-likeness (QED) is 0.133. The van der Waals surface area contributed by atoms with Gasteiger partial charge in [-0.1, -0.05) is 0 Å². The molecule has 0 aromatic heterocycles. The molecule has 0 saturated carbocycles. The van der Waals surface area contributed by atoms with E-state index in [4.69, 9.17) is 14.2 Å². The van der Waals surface area contributed by atoms with Gasteiger partial charge in [0.05, 0.1) is 0 Å². The minimum Gasteiger partial charge on any atom is -0.445 e. The molecule has 0 unspecified atom stereocenters. The lowest BCUT2D eigenvalue weighted by atomic mass is 10.4. The zero-order valence-corrected chi connectivity index (χ0v) is 23.9. The van der Waals surface area contributed by atoms with E-state index in [-0.39, 0.29) is 0 Å². The number of carbonyl (C=O) groups excluding carboxylic acids is 3. The summed E-state index contributed by atoms with van der Waals surface area (Å²) in [5, 5.41) is 7.23. The normalized spacial score (nSPS) is 23.6. The Bertz CT molecular complexity index is 1060. The predicted molar refractivity (Wildman–Crippen MR) is 135 cm³/mol. The zero-order valence-electron chi connectivity index (χ0n) is 21.2. The maximum Gasteiger partial charge on any atom is 0.415 e. The van der Waals surface area contributed by atoms with Gasteiger partial charge in [-0.25, -0.2) is 57.7 Å². The van der Waals surface area contributed by atoms with Crippen molar-refractivity contribution in [3.05, 3.63) is 0 Å². The summed E-state index contributed by atoms with van der Waals surface area (Å²) in [7, 11) is -9.78. The SMILES string of the molecule is O=C(NP(=O)(N1CC1)N1CC1)OCC(COC(=O)NP(=O)(N1CC1)N1CC1)OC(=O)NP(=O)(N1CC1)N1CC1. The van der Waals surface area contributed by atoms with E-state index in [9.17, 15) is 28.1 Å². The highest BCUT2D eigenvalue weighted by Crippen LogP contribution is 2.58. The van der Waals surface area contributed by atoms with E-state index >= 15 is 0 Å². The summed E-state index contributed by atoms with van der Waals surface area (Å²) in [5.41, 5.74) is 0. The van der Waals surface area contributed by atoms with Crippen molar-refractivity contribution in [2.45, 2.75) is 6.10 Å². The molecule has 18 nitrogen and oxygen atoms in total. The van der Waals surface area contributed by atoms with E-state index in [1.54, 1.807) is 28.0 Å². The van der Waals surface area contributed by atoms with E-state index in [0.29, 0.717) is 78.5 Å². The molecular formula is C18H32N9O9P3. The molecule has 6 rings (SSSR count). The Morgan fingerprint density at radius 1 is 0.513 bits per heavy atom. The number of nitrogens with one attached hydrogen (secondary N) is 3. The topological polar surface area (TPSA) is 184 Å². The van der Waals surface area contributed by atoms with Gasteiger partial charge in [0.1, 0.15) is 13.2 Å². The van der Waals surface area contributed by atoms with Crippen molar-refractivity contribution in [1.82, 2.24) is 43.3 Å². The number of amides is 3. The average molecular weight is 611 g/mol. The minimum atomic E-state index is -3.30. The van der Waals surface area contributed by atoms with Gasteiger partial charge in [0, 0.05) is 78.5 Å². The molecule has 0 aromatic rings. The van der Waals surface area contributed by atoms with Gasteiger partial charge in [-0.05, 0) is 0 Å². The Hall–Kier alpha value is -1.74. The van der Waals surface area contributed by atoms with Gasteiger partial charge in [0.2, 0.25) is 0 Å². The second kappa shape index (κ2) is 10.3. The maximum absolute atomic E-state index is 13.2. The molecule has 6 aliphatic heterocycles. The van der Waals surface area contributed by atoms with Crippen molar-refractivity contribution in [2.75, 3.05) is 91.8 Å². The lowest BCUT2D eigenvalue weighted by Gasteiger charge is -2.24. The number of hydrogen-bond donors (Lipinski definition) is 3. The number of hydrogen-bond acceptors (Lipinski definition) is 9. The summed E-state index contributed by atoms with van der Waals surface area (Å²) < 4.78 is 65.0. The summed E-state index contributed by atoms with van der Waals surface area (Å²) in [4.78, 5) is 37.7. The lowest BCUT2D eigenvalue weighted by molar-refractivity contribution is 0.0107. The third-order valence-corrected chi connectivity index (χ3v) is 15.0. The van der Waals surface area contributed by atoms with Crippen molar-refractivity contribution in [2.24, 2.45) is 0 Å². The fourth-order valence-corrected chi connectivity index (χ4v) is 10.5. The molecule has 21 heteroatoms. The van der Waals surface area contributed by atoms with Crippen LogP contribution >= 0.6 is 22.8 Å².